The van der Waals surface area contributed by atoms with E-state index < -0.39 is 17.9 Å². The molecule has 2 heterocycles. The van der Waals surface area contributed by atoms with E-state index in [0.717, 1.165) is 10.5 Å². The van der Waals surface area contributed by atoms with Gasteiger partial charge < -0.3 is 10.1 Å². The van der Waals surface area contributed by atoms with Gasteiger partial charge in [0.05, 0.1) is 5.69 Å². The van der Waals surface area contributed by atoms with Crippen molar-refractivity contribution in [1.29, 1.82) is 0 Å². The molecule has 2 aromatic rings. The van der Waals surface area contributed by atoms with E-state index >= 15 is 0 Å². The maximum absolute atomic E-state index is 12.1. The summed E-state index contributed by atoms with van der Waals surface area (Å²) in [5, 5.41) is 10.2. The molecule has 0 radical (unpaired) electrons. The lowest BCUT2D eigenvalue weighted by atomic mass is 10.2. The van der Waals surface area contributed by atoms with Crippen molar-refractivity contribution in [3.63, 3.8) is 0 Å². The van der Waals surface area contributed by atoms with Crippen LogP contribution in [0, 0.1) is 6.92 Å². The second-order valence-corrected chi connectivity index (χ2v) is 5.52. The van der Waals surface area contributed by atoms with Crippen molar-refractivity contribution in [3.05, 3.63) is 47.3 Å². The number of urea groups is 1. The Labute approximate surface area is 143 Å². The van der Waals surface area contributed by atoms with Crippen molar-refractivity contribution in [2.45, 2.75) is 20.1 Å². The number of aromatic nitrogens is 3. The second kappa shape index (κ2) is 7.12. The van der Waals surface area contributed by atoms with Crippen LogP contribution in [0.15, 0.2) is 30.3 Å². The van der Waals surface area contributed by atoms with E-state index in [9.17, 15) is 14.4 Å². The molecule has 1 N–H and O–H groups in total. The van der Waals surface area contributed by atoms with Gasteiger partial charge in [-0.3, -0.25) is 9.69 Å². The van der Waals surface area contributed by atoms with Crippen LogP contribution in [0.1, 0.15) is 21.7 Å². The number of amides is 3. The van der Waals surface area contributed by atoms with Crippen LogP contribution in [0.3, 0.4) is 0 Å². The molecule has 1 aliphatic rings. The average Bonchev–Trinajstić information content (AvgIpc) is 3.20. The van der Waals surface area contributed by atoms with Crippen molar-refractivity contribution in [2.24, 2.45) is 0 Å². The van der Waals surface area contributed by atoms with Gasteiger partial charge in [0, 0.05) is 13.1 Å². The molecule has 3 rings (SSSR count). The summed E-state index contributed by atoms with van der Waals surface area (Å²) in [7, 11) is 0. The minimum absolute atomic E-state index is 0.0506. The Morgan fingerprint density at radius 2 is 2.04 bits per heavy atom. The molecule has 1 saturated heterocycles. The van der Waals surface area contributed by atoms with Crippen LogP contribution in [-0.2, 0) is 22.7 Å². The fourth-order valence-electron chi connectivity index (χ4n) is 2.41. The number of imide groups is 1. The lowest BCUT2D eigenvalue weighted by molar-refractivity contribution is -0.128. The minimum Gasteiger partial charge on any atom is -0.456 e. The number of benzene rings is 1. The van der Waals surface area contributed by atoms with E-state index in [4.69, 9.17) is 4.74 Å². The van der Waals surface area contributed by atoms with Crippen LogP contribution in [-0.4, -0.2) is 50.9 Å². The van der Waals surface area contributed by atoms with Gasteiger partial charge in [-0.05, 0) is 12.5 Å². The molecule has 0 aliphatic carbocycles. The molecule has 1 aromatic carbocycles. The Morgan fingerprint density at radius 3 is 2.72 bits per heavy atom. The van der Waals surface area contributed by atoms with Crippen LogP contribution >= 0.6 is 0 Å². The first kappa shape index (κ1) is 16.6. The summed E-state index contributed by atoms with van der Waals surface area (Å²) in [6, 6.07) is 8.84. The summed E-state index contributed by atoms with van der Waals surface area (Å²) in [5.74, 6) is -1.02. The van der Waals surface area contributed by atoms with Crippen molar-refractivity contribution < 1.29 is 19.1 Å². The summed E-state index contributed by atoms with van der Waals surface area (Å²) in [4.78, 5) is 36.9. The van der Waals surface area contributed by atoms with Gasteiger partial charge in [-0.1, -0.05) is 35.5 Å². The van der Waals surface area contributed by atoms with Gasteiger partial charge in [0.2, 0.25) is 0 Å². The average molecular weight is 343 g/mol. The molecule has 1 aliphatic heterocycles. The smallest absolute Gasteiger partial charge is 0.361 e. The van der Waals surface area contributed by atoms with Crippen molar-refractivity contribution in [3.8, 4) is 0 Å². The van der Waals surface area contributed by atoms with Crippen molar-refractivity contribution in [2.75, 3.05) is 13.1 Å². The summed E-state index contributed by atoms with van der Waals surface area (Å²) < 4.78 is 6.50. The lowest BCUT2D eigenvalue weighted by Crippen LogP contribution is -2.37. The molecule has 9 heteroatoms. The minimum atomic E-state index is -0.612. The maximum Gasteiger partial charge on any atom is 0.361 e. The topological polar surface area (TPSA) is 106 Å². The van der Waals surface area contributed by atoms with Crippen LogP contribution in [0.25, 0.3) is 0 Å². The molecule has 130 valence electrons. The van der Waals surface area contributed by atoms with Gasteiger partial charge in [0.25, 0.3) is 5.91 Å². The van der Waals surface area contributed by atoms with Crippen molar-refractivity contribution >= 4 is 17.9 Å². The third kappa shape index (κ3) is 3.65. The van der Waals surface area contributed by atoms with E-state index in [-0.39, 0.29) is 18.8 Å². The Hall–Kier alpha value is -3.23. The van der Waals surface area contributed by atoms with Gasteiger partial charge >= 0.3 is 12.0 Å². The predicted molar refractivity (Wildman–Crippen MR) is 85.4 cm³/mol. The Balaban J connectivity index is 1.63. The fourth-order valence-corrected chi connectivity index (χ4v) is 2.41. The summed E-state index contributed by atoms with van der Waals surface area (Å²) >= 11 is 0. The van der Waals surface area contributed by atoms with Crippen molar-refractivity contribution in [1.82, 2.24) is 25.2 Å². The number of ether oxygens (including phenoxy) is 1. The first-order chi connectivity index (χ1) is 12.1. The lowest BCUT2D eigenvalue weighted by Gasteiger charge is -2.12. The van der Waals surface area contributed by atoms with Crippen LogP contribution in [0.4, 0.5) is 4.79 Å². The van der Waals surface area contributed by atoms with Crippen LogP contribution in [0.5, 0.6) is 0 Å². The van der Waals surface area contributed by atoms with Gasteiger partial charge in [-0.25, -0.2) is 14.3 Å². The monoisotopic (exact) mass is 343 g/mol. The van der Waals surface area contributed by atoms with Crippen LogP contribution < -0.4 is 5.32 Å². The number of esters is 1. The number of carbonyl (C=O) groups excluding carboxylic acids is 3. The zero-order chi connectivity index (χ0) is 17.8. The Bertz CT molecular complexity index is 802. The van der Waals surface area contributed by atoms with E-state index in [2.05, 4.69) is 15.6 Å². The zero-order valence-corrected chi connectivity index (χ0v) is 13.6. The fraction of sp³-hybridized carbons (Fsp3) is 0.312. The highest BCUT2D eigenvalue weighted by Gasteiger charge is 2.27. The predicted octanol–water partition coefficient (Wildman–Crippen LogP) is 0.495. The molecule has 1 fully saturated rings. The molecule has 3 amide bonds. The third-order valence-electron chi connectivity index (χ3n) is 3.83. The SMILES string of the molecule is Cc1c(C(=O)OCc2ccccc2)nnn1CC(=O)N1CCNC1=O. The third-order valence-corrected chi connectivity index (χ3v) is 3.83. The molecular weight excluding hydrogens is 326 g/mol. The largest absolute Gasteiger partial charge is 0.456 e. The number of hydrogen-bond acceptors (Lipinski definition) is 6. The molecule has 0 unspecified atom stereocenters. The highest BCUT2D eigenvalue weighted by atomic mass is 16.5. The summed E-state index contributed by atoms with van der Waals surface area (Å²) in [6.07, 6.45) is 0. The highest BCUT2D eigenvalue weighted by Crippen LogP contribution is 2.09. The number of nitrogens with zero attached hydrogens (tertiary/aromatic N) is 4. The number of carbonyl (C=O) groups is 3. The van der Waals surface area contributed by atoms with E-state index in [0.29, 0.717) is 18.8 Å². The van der Waals surface area contributed by atoms with Gasteiger partial charge in [0.15, 0.2) is 5.69 Å². The number of nitrogens with one attached hydrogen (secondary N) is 1. The summed E-state index contributed by atoms with van der Waals surface area (Å²) in [5.41, 5.74) is 1.32. The van der Waals surface area contributed by atoms with E-state index in [1.165, 1.54) is 4.68 Å². The number of hydrogen-bond donors (Lipinski definition) is 1. The van der Waals surface area contributed by atoms with Crippen LogP contribution in [0.2, 0.25) is 0 Å². The Morgan fingerprint density at radius 1 is 1.28 bits per heavy atom. The van der Waals surface area contributed by atoms with E-state index in [1.54, 1.807) is 6.92 Å². The first-order valence-electron chi connectivity index (χ1n) is 7.75. The normalized spacial score (nSPS) is 13.6. The molecule has 0 atom stereocenters. The van der Waals surface area contributed by atoms with Gasteiger partial charge in [-0.15, -0.1) is 5.10 Å². The van der Waals surface area contributed by atoms with Gasteiger partial charge in [-0.2, -0.15) is 0 Å². The first-order valence-corrected chi connectivity index (χ1v) is 7.75. The number of rotatable bonds is 5. The van der Waals surface area contributed by atoms with Gasteiger partial charge in [0.1, 0.15) is 13.2 Å². The highest BCUT2D eigenvalue weighted by molar-refractivity contribution is 5.95. The molecule has 0 saturated carbocycles. The Kier molecular flexibility index (Phi) is 4.73. The molecule has 1 aromatic heterocycles. The maximum atomic E-state index is 12.1. The summed E-state index contributed by atoms with van der Waals surface area (Å²) in [6.45, 7) is 2.32. The molecule has 0 spiro atoms. The standard InChI is InChI=1S/C16H17N5O4/c1-11-14(15(23)25-10-12-5-3-2-4-6-12)18-19-21(11)9-13(22)20-8-7-17-16(20)24/h2-6H,7-10H2,1H3,(H,17,24). The molecule has 9 nitrogen and oxygen atoms in total. The molecule has 25 heavy (non-hydrogen) atoms. The molecular formula is C16H17N5O4. The van der Waals surface area contributed by atoms with E-state index in [1.807, 2.05) is 30.3 Å². The molecule has 0 bridgehead atoms. The second-order valence-electron chi connectivity index (χ2n) is 5.52. The quantitative estimate of drug-likeness (QED) is 0.792. The zero-order valence-electron chi connectivity index (χ0n) is 13.6.